The van der Waals surface area contributed by atoms with Crippen LogP contribution in [-0.2, 0) is 4.74 Å². The molecule has 2 heteroatoms. The summed E-state index contributed by atoms with van der Waals surface area (Å²) in [6.07, 6.45) is 8.42. The van der Waals surface area contributed by atoms with Crippen molar-refractivity contribution in [2.75, 3.05) is 26.3 Å². The van der Waals surface area contributed by atoms with Crippen LogP contribution >= 0.6 is 0 Å². The third-order valence-electron chi connectivity index (χ3n) is 2.14. The summed E-state index contributed by atoms with van der Waals surface area (Å²) in [6.45, 7) is 3.86. The molecule has 0 saturated carbocycles. The molecule has 1 heterocycles. The molecule has 0 aromatic carbocycles. The molecule has 2 nitrogen and oxygen atoms in total. The molecule has 1 rings (SSSR count). The zero-order chi connectivity index (χ0) is 8.65. The number of rotatable bonds is 4. The van der Waals surface area contributed by atoms with E-state index in [2.05, 4.69) is 11.2 Å². The standard InChI is InChI=1S/C10H17NO/c1-2-3-7-12-9-10-5-4-6-11-8-10/h1,10-11H,3-9H2. The highest BCUT2D eigenvalue weighted by atomic mass is 16.5. The Labute approximate surface area is 74.7 Å². The van der Waals surface area contributed by atoms with Crippen molar-refractivity contribution in [3.63, 3.8) is 0 Å². The minimum absolute atomic E-state index is 0.705. The van der Waals surface area contributed by atoms with Crippen LogP contribution in [0, 0.1) is 18.3 Å². The number of ether oxygens (including phenoxy) is 1. The molecule has 0 bridgehead atoms. The summed E-state index contributed by atoms with van der Waals surface area (Å²) in [5.41, 5.74) is 0. The summed E-state index contributed by atoms with van der Waals surface area (Å²) in [5.74, 6) is 3.27. The van der Waals surface area contributed by atoms with Crippen LogP contribution in [0.3, 0.4) is 0 Å². The van der Waals surface area contributed by atoms with E-state index in [-0.39, 0.29) is 0 Å². The van der Waals surface area contributed by atoms with Gasteiger partial charge in [-0.3, -0.25) is 0 Å². The number of terminal acetylenes is 1. The second-order valence-electron chi connectivity index (χ2n) is 3.24. The second kappa shape index (κ2) is 6.05. The largest absolute Gasteiger partial charge is 0.380 e. The maximum Gasteiger partial charge on any atom is 0.0575 e. The van der Waals surface area contributed by atoms with Gasteiger partial charge in [0.05, 0.1) is 13.2 Å². The highest BCUT2D eigenvalue weighted by Gasteiger charge is 2.11. The molecular weight excluding hydrogens is 150 g/mol. The highest BCUT2D eigenvalue weighted by molar-refractivity contribution is 4.82. The first-order valence-electron chi connectivity index (χ1n) is 4.65. The van der Waals surface area contributed by atoms with E-state index in [1.165, 1.54) is 19.4 Å². The van der Waals surface area contributed by atoms with Gasteiger partial charge in [-0.05, 0) is 25.3 Å². The van der Waals surface area contributed by atoms with Crippen LogP contribution in [0.25, 0.3) is 0 Å². The monoisotopic (exact) mass is 167 g/mol. The molecule has 1 aliphatic heterocycles. The summed E-state index contributed by atoms with van der Waals surface area (Å²) >= 11 is 0. The van der Waals surface area contributed by atoms with Gasteiger partial charge in [0.15, 0.2) is 0 Å². The molecule has 1 atom stereocenters. The first kappa shape index (κ1) is 9.57. The van der Waals surface area contributed by atoms with Gasteiger partial charge in [-0.1, -0.05) is 0 Å². The van der Waals surface area contributed by atoms with Crippen molar-refractivity contribution >= 4 is 0 Å². The minimum atomic E-state index is 0.705. The van der Waals surface area contributed by atoms with Crippen molar-refractivity contribution < 1.29 is 4.74 Å². The third-order valence-corrected chi connectivity index (χ3v) is 2.14. The molecule has 0 aromatic heterocycles. The maximum absolute atomic E-state index is 5.43. The first-order valence-corrected chi connectivity index (χ1v) is 4.65. The van der Waals surface area contributed by atoms with Crippen LogP contribution in [0.4, 0.5) is 0 Å². The van der Waals surface area contributed by atoms with Crippen LogP contribution in [0.2, 0.25) is 0 Å². The van der Waals surface area contributed by atoms with Gasteiger partial charge in [0, 0.05) is 13.0 Å². The Balaban J connectivity index is 1.95. The lowest BCUT2D eigenvalue weighted by Crippen LogP contribution is -2.32. The Kier molecular flexibility index (Phi) is 4.82. The average molecular weight is 167 g/mol. The van der Waals surface area contributed by atoms with Gasteiger partial charge >= 0.3 is 0 Å². The smallest absolute Gasteiger partial charge is 0.0575 e. The summed E-state index contributed by atoms with van der Waals surface area (Å²) in [6, 6.07) is 0. The van der Waals surface area contributed by atoms with E-state index in [1.54, 1.807) is 0 Å². The molecule has 0 aliphatic carbocycles. The van der Waals surface area contributed by atoms with Crippen molar-refractivity contribution in [1.82, 2.24) is 5.32 Å². The van der Waals surface area contributed by atoms with Crippen LogP contribution in [0.5, 0.6) is 0 Å². The molecule has 1 fully saturated rings. The molecule has 0 aromatic rings. The fraction of sp³-hybridized carbons (Fsp3) is 0.800. The molecule has 1 saturated heterocycles. The van der Waals surface area contributed by atoms with Crippen molar-refractivity contribution in [3.8, 4) is 12.3 Å². The van der Waals surface area contributed by atoms with Crippen molar-refractivity contribution in [1.29, 1.82) is 0 Å². The Hall–Kier alpha value is -0.520. The van der Waals surface area contributed by atoms with Gasteiger partial charge in [0.2, 0.25) is 0 Å². The topological polar surface area (TPSA) is 21.3 Å². The van der Waals surface area contributed by atoms with E-state index in [9.17, 15) is 0 Å². The van der Waals surface area contributed by atoms with E-state index in [4.69, 9.17) is 11.2 Å². The minimum Gasteiger partial charge on any atom is -0.380 e. The van der Waals surface area contributed by atoms with Crippen LogP contribution in [-0.4, -0.2) is 26.3 Å². The van der Waals surface area contributed by atoms with Gasteiger partial charge in [-0.15, -0.1) is 12.3 Å². The lowest BCUT2D eigenvalue weighted by molar-refractivity contribution is 0.0941. The molecule has 0 amide bonds. The zero-order valence-corrected chi connectivity index (χ0v) is 7.51. The lowest BCUT2D eigenvalue weighted by atomic mass is 10.0. The SMILES string of the molecule is C#CCCOCC1CCCNC1. The molecule has 1 aliphatic rings. The summed E-state index contributed by atoms with van der Waals surface area (Å²) in [7, 11) is 0. The molecular formula is C10H17NO. The molecule has 12 heavy (non-hydrogen) atoms. The highest BCUT2D eigenvalue weighted by Crippen LogP contribution is 2.09. The van der Waals surface area contributed by atoms with Crippen LogP contribution < -0.4 is 5.32 Å². The van der Waals surface area contributed by atoms with Gasteiger partial charge < -0.3 is 10.1 Å². The quantitative estimate of drug-likeness (QED) is 0.498. The first-order chi connectivity index (χ1) is 5.93. The zero-order valence-electron chi connectivity index (χ0n) is 7.51. The van der Waals surface area contributed by atoms with Crippen molar-refractivity contribution in [2.24, 2.45) is 5.92 Å². The van der Waals surface area contributed by atoms with E-state index < -0.39 is 0 Å². The Morgan fingerprint density at radius 1 is 1.58 bits per heavy atom. The second-order valence-corrected chi connectivity index (χ2v) is 3.24. The predicted molar refractivity (Wildman–Crippen MR) is 49.9 cm³/mol. The van der Waals surface area contributed by atoms with Crippen molar-refractivity contribution in [2.45, 2.75) is 19.3 Å². The third kappa shape index (κ3) is 3.75. The predicted octanol–water partition coefficient (Wildman–Crippen LogP) is 1.03. The summed E-state index contributed by atoms with van der Waals surface area (Å²) in [5, 5.41) is 3.36. The van der Waals surface area contributed by atoms with Crippen molar-refractivity contribution in [3.05, 3.63) is 0 Å². The van der Waals surface area contributed by atoms with Gasteiger partial charge in [0.25, 0.3) is 0 Å². The number of piperidine rings is 1. The number of hydrogen-bond acceptors (Lipinski definition) is 2. The number of hydrogen-bond donors (Lipinski definition) is 1. The number of nitrogens with one attached hydrogen (secondary N) is 1. The van der Waals surface area contributed by atoms with E-state index in [0.717, 1.165) is 19.6 Å². The normalized spacial score (nSPS) is 23.4. The van der Waals surface area contributed by atoms with Gasteiger partial charge in [-0.2, -0.15) is 0 Å². The van der Waals surface area contributed by atoms with Crippen LogP contribution in [0.15, 0.2) is 0 Å². The molecule has 0 spiro atoms. The fourth-order valence-electron chi connectivity index (χ4n) is 1.45. The maximum atomic E-state index is 5.43. The fourth-order valence-corrected chi connectivity index (χ4v) is 1.45. The Morgan fingerprint density at radius 2 is 2.50 bits per heavy atom. The lowest BCUT2D eigenvalue weighted by Gasteiger charge is -2.22. The molecule has 1 unspecified atom stereocenters. The van der Waals surface area contributed by atoms with Gasteiger partial charge in [0.1, 0.15) is 0 Å². The van der Waals surface area contributed by atoms with E-state index >= 15 is 0 Å². The van der Waals surface area contributed by atoms with E-state index in [1.807, 2.05) is 0 Å². The Bertz CT molecular complexity index is 144. The molecule has 68 valence electrons. The van der Waals surface area contributed by atoms with Gasteiger partial charge in [-0.25, -0.2) is 0 Å². The van der Waals surface area contributed by atoms with Crippen LogP contribution in [0.1, 0.15) is 19.3 Å². The molecule has 0 radical (unpaired) electrons. The average Bonchev–Trinajstić information content (AvgIpc) is 2.14. The Morgan fingerprint density at radius 3 is 3.17 bits per heavy atom. The summed E-state index contributed by atoms with van der Waals surface area (Å²) < 4.78 is 5.43. The molecule has 1 N–H and O–H groups in total. The summed E-state index contributed by atoms with van der Waals surface area (Å²) in [4.78, 5) is 0. The van der Waals surface area contributed by atoms with E-state index in [0.29, 0.717) is 12.5 Å².